The molecule has 1 aliphatic carbocycles. The first-order valence-electron chi connectivity index (χ1n) is 9.37. The molecule has 142 valence electrons. The SMILES string of the molecule is CC1CCC(NC(=O)COC(=O)c2cccnc2N2CCOCC2)CC1. The molecule has 0 atom stereocenters. The molecule has 1 aromatic heterocycles. The highest BCUT2D eigenvalue weighted by Crippen LogP contribution is 2.23. The Morgan fingerprint density at radius 1 is 1.27 bits per heavy atom. The first-order valence-corrected chi connectivity index (χ1v) is 9.37. The molecule has 0 aromatic carbocycles. The van der Waals surface area contributed by atoms with Crippen molar-refractivity contribution in [3.8, 4) is 0 Å². The second-order valence-corrected chi connectivity index (χ2v) is 7.07. The molecule has 1 saturated carbocycles. The van der Waals surface area contributed by atoms with E-state index in [9.17, 15) is 9.59 Å². The predicted molar refractivity (Wildman–Crippen MR) is 97.1 cm³/mol. The number of esters is 1. The summed E-state index contributed by atoms with van der Waals surface area (Å²) in [5.41, 5.74) is 0.383. The number of pyridine rings is 1. The molecule has 2 aliphatic rings. The molecular formula is C19H27N3O4. The second-order valence-electron chi connectivity index (χ2n) is 7.07. The Balaban J connectivity index is 1.52. The zero-order valence-corrected chi connectivity index (χ0v) is 15.3. The maximum atomic E-state index is 12.4. The summed E-state index contributed by atoms with van der Waals surface area (Å²) < 4.78 is 10.6. The highest BCUT2D eigenvalue weighted by atomic mass is 16.5. The van der Waals surface area contributed by atoms with E-state index in [0.717, 1.165) is 31.6 Å². The van der Waals surface area contributed by atoms with Crippen LogP contribution in [0, 0.1) is 5.92 Å². The maximum Gasteiger partial charge on any atom is 0.342 e. The molecule has 2 fully saturated rings. The minimum atomic E-state index is -0.521. The molecule has 1 amide bonds. The third kappa shape index (κ3) is 4.94. The van der Waals surface area contributed by atoms with Gasteiger partial charge in [0, 0.05) is 25.3 Å². The molecule has 2 heterocycles. The minimum absolute atomic E-state index is 0.194. The van der Waals surface area contributed by atoms with Crippen molar-refractivity contribution in [3.05, 3.63) is 23.9 Å². The summed E-state index contributed by atoms with van der Waals surface area (Å²) in [6, 6.07) is 3.57. The van der Waals surface area contributed by atoms with Crippen LogP contribution in [0.2, 0.25) is 0 Å². The number of hydrogen-bond acceptors (Lipinski definition) is 6. The summed E-state index contributed by atoms with van der Waals surface area (Å²) in [7, 11) is 0. The molecule has 3 rings (SSSR count). The van der Waals surface area contributed by atoms with Crippen LogP contribution in [0.15, 0.2) is 18.3 Å². The molecule has 1 aliphatic heterocycles. The molecule has 0 bridgehead atoms. The van der Waals surface area contributed by atoms with Gasteiger partial charge in [-0.15, -0.1) is 0 Å². The van der Waals surface area contributed by atoms with Crippen molar-refractivity contribution in [3.63, 3.8) is 0 Å². The quantitative estimate of drug-likeness (QED) is 0.805. The van der Waals surface area contributed by atoms with Crippen molar-refractivity contribution < 1.29 is 19.1 Å². The Hall–Kier alpha value is -2.15. The number of nitrogens with zero attached hydrogens (tertiary/aromatic N) is 2. The molecule has 7 nitrogen and oxygen atoms in total. The van der Waals surface area contributed by atoms with Gasteiger partial charge in [-0.05, 0) is 43.7 Å². The van der Waals surface area contributed by atoms with Crippen molar-refractivity contribution in [2.45, 2.75) is 38.6 Å². The number of carbonyl (C=O) groups excluding carboxylic acids is 2. The fourth-order valence-electron chi connectivity index (χ4n) is 3.47. The number of amides is 1. The highest BCUT2D eigenvalue weighted by Gasteiger charge is 2.23. The van der Waals surface area contributed by atoms with Crippen LogP contribution < -0.4 is 10.2 Å². The van der Waals surface area contributed by atoms with Gasteiger partial charge in [-0.1, -0.05) is 6.92 Å². The summed E-state index contributed by atoms with van der Waals surface area (Å²) in [6.07, 6.45) is 5.89. The number of carbonyl (C=O) groups is 2. The van der Waals surface area contributed by atoms with Gasteiger partial charge < -0.3 is 19.7 Å². The summed E-state index contributed by atoms with van der Waals surface area (Å²) in [5.74, 6) is 0.550. The molecule has 0 unspecified atom stereocenters. The Morgan fingerprint density at radius 2 is 2.00 bits per heavy atom. The topological polar surface area (TPSA) is 80.8 Å². The summed E-state index contributed by atoms with van der Waals surface area (Å²) in [6.45, 7) is 4.54. The lowest BCUT2D eigenvalue weighted by atomic mass is 9.87. The van der Waals surface area contributed by atoms with E-state index in [0.29, 0.717) is 37.7 Å². The molecule has 1 saturated heterocycles. The van der Waals surface area contributed by atoms with Gasteiger partial charge in [-0.25, -0.2) is 9.78 Å². The number of nitrogens with one attached hydrogen (secondary N) is 1. The van der Waals surface area contributed by atoms with Gasteiger partial charge >= 0.3 is 5.97 Å². The van der Waals surface area contributed by atoms with Crippen molar-refractivity contribution >= 4 is 17.7 Å². The van der Waals surface area contributed by atoms with Gasteiger partial charge in [-0.2, -0.15) is 0 Å². The van der Waals surface area contributed by atoms with E-state index < -0.39 is 5.97 Å². The minimum Gasteiger partial charge on any atom is -0.452 e. The molecule has 26 heavy (non-hydrogen) atoms. The average Bonchev–Trinajstić information content (AvgIpc) is 2.68. The van der Waals surface area contributed by atoms with E-state index in [1.807, 2.05) is 4.90 Å². The van der Waals surface area contributed by atoms with Crippen LogP contribution in [0.25, 0.3) is 0 Å². The number of hydrogen-bond donors (Lipinski definition) is 1. The number of morpholine rings is 1. The number of anilines is 1. The summed E-state index contributed by atoms with van der Waals surface area (Å²) in [4.78, 5) is 30.9. The Morgan fingerprint density at radius 3 is 2.73 bits per heavy atom. The van der Waals surface area contributed by atoms with Crippen molar-refractivity contribution in [1.29, 1.82) is 0 Å². The molecule has 7 heteroatoms. The number of rotatable bonds is 5. The van der Waals surface area contributed by atoms with E-state index in [4.69, 9.17) is 9.47 Å². The van der Waals surface area contributed by atoms with Gasteiger partial charge in [-0.3, -0.25) is 4.79 Å². The summed E-state index contributed by atoms with van der Waals surface area (Å²) in [5, 5.41) is 2.97. The van der Waals surface area contributed by atoms with Gasteiger partial charge in [0.15, 0.2) is 6.61 Å². The number of aromatic nitrogens is 1. The van der Waals surface area contributed by atoms with Crippen LogP contribution in [0.4, 0.5) is 5.82 Å². The molecular weight excluding hydrogens is 334 g/mol. The fourth-order valence-corrected chi connectivity index (χ4v) is 3.47. The largest absolute Gasteiger partial charge is 0.452 e. The van der Waals surface area contributed by atoms with E-state index in [1.54, 1.807) is 18.3 Å². The molecule has 0 radical (unpaired) electrons. The van der Waals surface area contributed by atoms with Crippen LogP contribution in [0.3, 0.4) is 0 Å². The lowest BCUT2D eigenvalue weighted by molar-refractivity contribution is -0.125. The van der Waals surface area contributed by atoms with Gasteiger partial charge in [0.25, 0.3) is 5.91 Å². The van der Waals surface area contributed by atoms with E-state index in [-0.39, 0.29) is 18.6 Å². The van der Waals surface area contributed by atoms with Crippen LogP contribution in [-0.2, 0) is 14.3 Å². The standard InChI is InChI=1S/C19H27N3O4/c1-14-4-6-15(7-5-14)21-17(23)13-26-19(24)16-3-2-8-20-18(16)22-9-11-25-12-10-22/h2-3,8,14-15H,4-7,9-13H2,1H3,(H,21,23). The van der Waals surface area contributed by atoms with E-state index in [2.05, 4.69) is 17.2 Å². The van der Waals surface area contributed by atoms with Crippen molar-refractivity contribution in [1.82, 2.24) is 10.3 Å². The van der Waals surface area contributed by atoms with Gasteiger partial charge in [0.05, 0.1) is 13.2 Å². The first-order chi connectivity index (χ1) is 12.6. The Kier molecular flexibility index (Phi) is 6.44. The third-order valence-electron chi connectivity index (χ3n) is 5.03. The monoisotopic (exact) mass is 361 g/mol. The zero-order valence-electron chi connectivity index (χ0n) is 15.3. The first kappa shape index (κ1) is 18.6. The van der Waals surface area contributed by atoms with Crippen molar-refractivity contribution in [2.75, 3.05) is 37.8 Å². The van der Waals surface area contributed by atoms with Crippen LogP contribution >= 0.6 is 0 Å². The normalized spacial score (nSPS) is 23.3. The Labute approximate surface area is 154 Å². The third-order valence-corrected chi connectivity index (χ3v) is 5.03. The fraction of sp³-hybridized carbons (Fsp3) is 0.632. The van der Waals surface area contributed by atoms with E-state index in [1.165, 1.54) is 0 Å². The lowest BCUT2D eigenvalue weighted by Gasteiger charge is -2.29. The lowest BCUT2D eigenvalue weighted by Crippen LogP contribution is -2.40. The zero-order chi connectivity index (χ0) is 18.4. The van der Waals surface area contributed by atoms with Crippen LogP contribution in [0.1, 0.15) is 43.0 Å². The van der Waals surface area contributed by atoms with Crippen LogP contribution in [-0.4, -0.2) is 55.8 Å². The molecule has 1 aromatic rings. The van der Waals surface area contributed by atoms with Gasteiger partial charge in [0.1, 0.15) is 11.4 Å². The smallest absolute Gasteiger partial charge is 0.342 e. The molecule has 0 spiro atoms. The maximum absolute atomic E-state index is 12.4. The van der Waals surface area contributed by atoms with Crippen LogP contribution in [0.5, 0.6) is 0 Å². The Bertz CT molecular complexity index is 623. The molecule has 1 N–H and O–H groups in total. The van der Waals surface area contributed by atoms with E-state index >= 15 is 0 Å². The second kappa shape index (κ2) is 8.98. The van der Waals surface area contributed by atoms with Gasteiger partial charge in [0.2, 0.25) is 0 Å². The predicted octanol–water partition coefficient (Wildman–Crippen LogP) is 1.77. The van der Waals surface area contributed by atoms with Crippen molar-refractivity contribution in [2.24, 2.45) is 5.92 Å². The average molecular weight is 361 g/mol. The number of ether oxygens (including phenoxy) is 2. The highest BCUT2D eigenvalue weighted by molar-refractivity contribution is 5.96. The summed E-state index contributed by atoms with van der Waals surface area (Å²) >= 11 is 0.